The fourth-order valence-corrected chi connectivity index (χ4v) is 2.02. The maximum Gasteiger partial charge on any atom is 0.246 e. The van der Waals surface area contributed by atoms with Gasteiger partial charge in [0.15, 0.2) is 0 Å². The molecule has 0 aliphatic heterocycles. The van der Waals surface area contributed by atoms with Crippen molar-refractivity contribution in [1.29, 1.82) is 0 Å². The number of sulfonamides is 1. The van der Waals surface area contributed by atoms with Crippen LogP contribution in [0.15, 0.2) is 17.3 Å². The van der Waals surface area contributed by atoms with Gasteiger partial charge in [0.05, 0.1) is 10.7 Å². The van der Waals surface area contributed by atoms with Crippen molar-refractivity contribution in [2.45, 2.75) is 4.90 Å². The van der Waals surface area contributed by atoms with E-state index in [0.29, 0.717) is 0 Å². The number of rotatable bonds is 2. The summed E-state index contributed by atoms with van der Waals surface area (Å²) in [5, 5.41) is 0.132. The Kier molecular flexibility index (Phi) is 2.98. The standard InChI is InChI=1S/C7H10ClN3O2S/c1-11(2)14(12,13)6-4-10-3-5(8)7(6)9/h3-4H,1-2H3,(H2,9,10). The summed E-state index contributed by atoms with van der Waals surface area (Å²) in [6.07, 6.45) is 2.47. The number of hydrogen-bond donors (Lipinski definition) is 1. The van der Waals surface area contributed by atoms with Crippen molar-refractivity contribution >= 4 is 27.3 Å². The molecule has 5 nitrogen and oxygen atoms in total. The molecule has 0 aliphatic carbocycles. The van der Waals surface area contributed by atoms with E-state index in [9.17, 15) is 8.42 Å². The Morgan fingerprint density at radius 3 is 2.50 bits per heavy atom. The molecular formula is C7H10ClN3O2S. The van der Waals surface area contributed by atoms with E-state index in [-0.39, 0.29) is 15.6 Å². The molecule has 0 saturated carbocycles. The van der Waals surface area contributed by atoms with Crippen molar-refractivity contribution in [2.75, 3.05) is 19.8 Å². The summed E-state index contributed by atoms with van der Waals surface area (Å²) in [5.74, 6) is 0. The monoisotopic (exact) mass is 235 g/mol. The van der Waals surface area contributed by atoms with E-state index < -0.39 is 10.0 Å². The zero-order valence-electron chi connectivity index (χ0n) is 7.73. The SMILES string of the molecule is CN(C)S(=O)(=O)c1cncc(Cl)c1N. The molecule has 0 spiro atoms. The highest BCUT2D eigenvalue weighted by molar-refractivity contribution is 7.89. The van der Waals surface area contributed by atoms with Crippen LogP contribution >= 0.6 is 11.6 Å². The van der Waals surface area contributed by atoms with Gasteiger partial charge >= 0.3 is 0 Å². The Hall–Kier alpha value is -0.850. The lowest BCUT2D eigenvalue weighted by Crippen LogP contribution is -2.23. The van der Waals surface area contributed by atoms with Crippen molar-refractivity contribution in [3.63, 3.8) is 0 Å². The van der Waals surface area contributed by atoms with Crippen LogP contribution in [0.2, 0.25) is 5.02 Å². The zero-order chi connectivity index (χ0) is 10.9. The van der Waals surface area contributed by atoms with Gasteiger partial charge in [-0.15, -0.1) is 0 Å². The molecular weight excluding hydrogens is 226 g/mol. The molecule has 2 N–H and O–H groups in total. The number of pyridine rings is 1. The van der Waals surface area contributed by atoms with Crippen molar-refractivity contribution in [2.24, 2.45) is 0 Å². The molecule has 0 bridgehead atoms. The molecule has 7 heteroatoms. The van der Waals surface area contributed by atoms with E-state index in [1.807, 2.05) is 0 Å². The normalized spacial score (nSPS) is 12.0. The lowest BCUT2D eigenvalue weighted by atomic mass is 10.4. The lowest BCUT2D eigenvalue weighted by Gasteiger charge is -2.12. The van der Waals surface area contributed by atoms with Gasteiger partial charge in [0, 0.05) is 26.5 Å². The van der Waals surface area contributed by atoms with Crippen LogP contribution in [0.1, 0.15) is 0 Å². The van der Waals surface area contributed by atoms with Gasteiger partial charge < -0.3 is 5.73 Å². The third kappa shape index (κ3) is 1.82. The van der Waals surface area contributed by atoms with E-state index in [1.165, 1.54) is 26.5 Å². The highest BCUT2D eigenvalue weighted by Crippen LogP contribution is 2.26. The number of nitrogens with two attached hydrogens (primary N) is 1. The van der Waals surface area contributed by atoms with Crippen LogP contribution in [0, 0.1) is 0 Å². The van der Waals surface area contributed by atoms with E-state index in [0.717, 1.165) is 4.31 Å². The topological polar surface area (TPSA) is 76.3 Å². The van der Waals surface area contributed by atoms with Crippen molar-refractivity contribution in [3.05, 3.63) is 17.4 Å². The van der Waals surface area contributed by atoms with Crippen LogP contribution in [-0.4, -0.2) is 31.8 Å². The molecule has 0 fully saturated rings. The first-order valence-electron chi connectivity index (χ1n) is 3.69. The van der Waals surface area contributed by atoms with Crippen LogP contribution in [0.3, 0.4) is 0 Å². The second-order valence-electron chi connectivity index (χ2n) is 2.82. The molecule has 0 radical (unpaired) electrons. The molecule has 78 valence electrons. The van der Waals surface area contributed by atoms with E-state index in [4.69, 9.17) is 17.3 Å². The molecule has 1 heterocycles. The molecule has 0 aliphatic rings. The lowest BCUT2D eigenvalue weighted by molar-refractivity contribution is 0.521. The van der Waals surface area contributed by atoms with E-state index in [1.54, 1.807) is 0 Å². The van der Waals surface area contributed by atoms with E-state index in [2.05, 4.69) is 4.98 Å². The highest BCUT2D eigenvalue weighted by atomic mass is 35.5. The minimum atomic E-state index is -3.57. The Balaban J connectivity index is 3.42. The molecule has 0 saturated heterocycles. The van der Waals surface area contributed by atoms with Gasteiger partial charge in [0.2, 0.25) is 10.0 Å². The van der Waals surface area contributed by atoms with Crippen LogP contribution in [-0.2, 0) is 10.0 Å². The van der Waals surface area contributed by atoms with Crippen molar-refractivity contribution in [3.8, 4) is 0 Å². The second kappa shape index (κ2) is 3.72. The number of hydrogen-bond acceptors (Lipinski definition) is 4. The first-order valence-corrected chi connectivity index (χ1v) is 5.50. The largest absolute Gasteiger partial charge is 0.396 e. The van der Waals surface area contributed by atoms with Gasteiger partial charge in [0.25, 0.3) is 0 Å². The Labute approximate surface area is 87.5 Å². The van der Waals surface area contributed by atoms with Crippen LogP contribution in [0.5, 0.6) is 0 Å². The van der Waals surface area contributed by atoms with Crippen molar-refractivity contribution in [1.82, 2.24) is 9.29 Å². The molecule has 0 aromatic carbocycles. The number of nitrogens with zero attached hydrogens (tertiary/aromatic N) is 2. The van der Waals surface area contributed by atoms with Gasteiger partial charge in [0.1, 0.15) is 4.90 Å². The predicted molar refractivity (Wildman–Crippen MR) is 54.5 cm³/mol. The average Bonchev–Trinajstić information content (AvgIpc) is 2.09. The van der Waals surface area contributed by atoms with Gasteiger partial charge in [-0.05, 0) is 0 Å². The maximum atomic E-state index is 11.7. The Morgan fingerprint density at radius 2 is 2.00 bits per heavy atom. The zero-order valence-corrected chi connectivity index (χ0v) is 9.30. The molecule has 1 aromatic rings. The number of anilines is 1. The Morgan fingerprint density at radius 1 is 1.43 bits per heavy atom. The minimum absolute atomic E-state index is 0.0235. The third-order valence-electron chi connectivity index (χ3n) is 1.66. The third-order valence-corrected chi connectivity index (χ3v) is 3.80. The minimum Gasteiger partial charge on any atom is -0.396 e. The summed E-state index contributed by atoms with van der Waals surface area (Å²) < 4.78 is 24.4. The average molecular weight is 236 g/mol. The summed E-state index contributed by atoms with van der Waals surface area (Å²) in [4.78, 5) is 3.60. The summed E-state index contributed by atoms with van der Waals surface area (Å²) in [5.41, 5.74) is 5.55. The summed E-state index contributed by atoms with van der Waals surface area (Å²) in [7, 11) is -0.744. The quantitative estimate of drug-likeness (QED) is 0.813. The van der Waals surface area contributed by atoms with Crippen LogP contribution in [0.4, 0.5) is 5.69 Å². The van der Waals surface area contributed by atoms with Gasteiger partial charge in [-0.3, -0.25) is 4.98 Å². The first-order chi connectivity index (χ1) is 6.37. The molecule has 0 amide bonds. The molecule has 14 heavy (non-hydrogen) atoms. The smallest absolute Gasteiger partial charge is 0.246 e. The molecule has 1 rings (SSSR count). The van der Waals surface area contributed by atoms with Gasteiger partial charge in [-0.2, -0.15) is 0 Å². The summed E-state index contributed by atoms with van der Waals surface area (Å²) >= 11 is 5.65. The molecule has 0 unspecified atom stereocenters. The highest BCUT2D eigenvalue weighted by Gasteiger charge is 2.21. The van der Waals surface area contributed by atoms with Crippen LogP contribution in [0.25, 0.3) is 0 Å². The fourth-order valence-electron chi connectivity index (χ4n) is 0.829. The van der Waals surface area contributed by atoms with Gasteiger partial charge in [-0.1, -0.05) is 11.6 Å². The van der Waals surface area contributed by atoms with Crippen LogP contribution < -0.4 is 5.73 Å². The second-order valence-corrected chi connectivity index (χ2v) is 5.35. The number of nitrogen functional groups attached to an aromatic ring is 1. The van der Waals surface area contributed by atoms with Crippen molar-refractivity contribution < 1.29 is 8.42 Å². The molecule has 0 atom stereocenters. The summed E-state index contributed by atoms with van der Waals surface area (Å²) in [6, 6.07) is 0. The van der Waals surface area contributed by atoms with E-state index >= 15 is 0 Å². The maximum absolute atomic E-state index is 11.7. The molecule has 1 aromatic heterocycles. The fraction of sp³-hybridized carbons (Fsp3) is 0.286. The number of halogens is 1. The van der Waals surface area contributed by atoms with Gasteiger partial charge in [-0.25, -0.2) is 12.7 Å². The first kappa shape index (κ1) is 11.2. The predicted octanol–water partition coefficient (Wildman–Crippen LogP) is 0.568. The Bertz CT molecular complexity index is 444. The summed E-state index contributed by atoms with van der Waals surface area (Å²) in [6.45, 7) is 0. The number of aromatic nitrogens is 1.